The molecule has 1 radical (unpaired) electrons. The zero-order valence-electron chi connectivity index (χ0n) is 17.7. The van der Waals surface area contributed by atoms with E-state index in [1.807, 2.05) is 18.2 Å². The molecule has 2 aliphatic rings. The van der Waals surface area contributed by atoms with E-state index < -0.39 is 12.2 Å². The number of benzene rings is 1. The van der Waals surface area contributed by atoms with Gasteiger partial charge in [-0.3, -0.25) is 0 Å². The molecule has 0 heterocycles. The van der Waals surface area contributed by atoms with Crippen molar-refractivity contribution in [3.8, 4) is 11.5 Å². The van der Waals surface area contributed by atoms with Crippen molar-refractivity contribution in [2.45, 2.75) is 37.7 Å². The average molecular weight is 457 g/mol. The summed E-state index contributed by atoms with van der Waals surface area (Å²) in [5.74, 6) is 2.58. The molecule has 165 valence electrons. The molecule has 1 aromatic rings. The normalized spacial score (nSPS) is 21.5. The standard InChI is InChI=1S/C21H30N2O6.V/c1-26-17-7-6-14(10-19(17)29-18-9-13-4-5-15(18)8-13)16(11-22-20(24)27-2)12-23-21(25)28-3;/h6-7,10,13,15-16,18H,4-5,8-9,11-12H2,1-3H3,(H,22,24)(H,23,25);. The molecule has 2 fully saturated rings. The molecule has 2 N–H and O–H groups in total. The number of rotatable bonds is 8. The molecule has 2 bridgehead atoms. The topological polar surface area (TPSA) is 95.1 Å². The summed E-state index contributed by atoms with van der Waals surface area (Å²) < 4.78 is 21.2. The predicted molar refractivity (Wildman–Crippen MR) is 106 cm³/mol. The van der Waals surface area contributed by atoms with Crippen LogP contribution in [0.4, 0.5) is 9.59 Å². The van der Waals surface area contributed by atoms with E-state index in [1.165, 1.54) is 33.5 Å². The van der Waals surface area contributed by atoms with Crippen molar-refractivity contribution < 1.29 is 47.1 Å². The largest absolute Gasteiger partial charge is 0.493 e. The van der Waals surface area contributed by atoms with Crippen molar-refractivity contribution in [2.75, 3.05) is 34.4 Å². The fourth-order valence-corrected chi connectivity index (χ4v) is 4.40. The van der Waals surface area contributed by atoms with Gasteiger partial charge in [0.1, 0.15) is 6.10 Å². The van der Waals surface area contributed by atoms with Crippen LogP contribution < -0.4 is 20.1 Å². The van der Waals surface area contributed by atoms with Gasteiger partial charge in [-0.05, 0) is 55.2 Å². The summed E-state index contributed by atoms with van der Waals surface area (Å²) in [6.07, 6.45) is 4.04. The number of fused-ring (bicyclic) bond motifs is 2. The Morgan fingerprint density at radius 1 is 1.00 bits per heavy atom. The Kier molecular flexibility index (Phi) is 9.18. The van der Waals surface area contributed by atoms with E-state index in [0.29, 0.717) is 17.4 Å². The van der Waals surface area contributed by atoms with Crippen LogP contribution in [0.3, 0.4) is 0 Å². The van der Waals surface area contributed by atoms with Gasteiger partial charge in [0.05, 0.1) is 21.3 Å². The Morgan fingerprint density at radius 2 is 1.67 bits per heavy atom. The molecule has 2 amide bonds. The number of methoxy groups -OCH3 is 3. The Morgan fingerprint density at radius 3 is 2.17 bits per heavy atom. The third-order valence-corrected chi connectivity index (χ3v) is 5.97. The molecule has 2 aliphatic carbocycles. The summed E-state index contributed by atoms with van der Waals surface area (Å²) >= 11 is 0. The van der Waals surface area contributed by atoms with Crippen LogP contribution in [0.5, 0.6) is 11.5 Å². The Balaban J connectivity index is 0.00000320. The maximum Gasteiger partial charge on any atom is 0.406 e. The second-order valence-corrected chi connectivity index (χ2v) is 7.68. The molecule has 8 nitrogen and oxygen atoms in total. The van der Waals surface area contributed by atoms with Gasteiger partial charge in [-0.1, -0.05) is 6.07 Å². The first-order valence-electron chi connectivity index (χ1n) is 10.0. The minimum atomic E-state index is -0.528. The van der Waals surface area contributed by atoms with Gasteiger partial charge < -0.3 is 29.6 Å². The van der Waals surface area contributed by atoms with Gasteiger partial charge in [0.25, 0.3) is 0 Å². The van der Waals surface area contributed by atoms with Gasteiger partial charge >= 0.3 is 12.2 Å². The number of ether oxygens (including phenoxy) is 4. The molecule has 30 heavy (non-hydrogen) atoms. The summed E-state index contributed by atoms with van der Waals surface area (Å²) in [7, 11) is 4.25. The molecule has 3 unspecified atom stereocenters. The fourth-order valence-electron chi connectivity index (χ4n) is 4.40. The minimum Gasteiger partial charge on any atom is -0.493 e. The Bertz CT molecular complexity index is 711. The Labute approximate surface area is 189 Å². The van der Waals surface area contributed by atoms with Gasteiger partial charge in [0.15, 0.2) is 11.5 Å². The van der Waals surface area contributed by atoms with Gasteiger partial charge in [0, 0.05) is 37.6 Å². The summed E-state index contributed by atoms with van der Waals surface area (Å²) in [6.45, 7) is 0.577. The number of carbonyl (C=O) groups excluding carboxylic acids is 2. The zero-order chi connectivity index (χ0) is 20.8. The van der Waals surface area contributed by atoms with Gasteiger partial charge in [0.2, 0.25) is 0 Å². The van der Waals surface area contributed by atoms with Gasteiger partial charge in [-0.2, -0.15) is 0 Å². The zero-order valence-corrected chi connectivity index (χ0v) is 19.1. The number of hydrogen-bond donors (Lipinski definition) is 2. The van der Waals surface area contributed by atoms with E-state index >= 15 is 0 Å². The van der Waals surface area contributed by atoms with E-state index in [-0.39, 0.29) is 43.7 Å². The third-order valence-electron chi connectivity index (χ3n) is 5.97. The van der Waals surface area contributed by atoms with E-state index in [1.54, 1.807) is 7.11 Å². The quantitative estimate of drug-likeness (QED) is 0.623. The molecule has 2 saturated carbocycles. The number of alkyl carbamates (subject to hydrolysis) is 2. The van der Waals surface area contributed by atoms with E-state index in [0.717, 1.165) is 17.9 Å². The summed E-state index contributed by atoms with van der Waals surface area (Å²) in [5.41, 5.74) is 0.914. The summed E-state index contributed by atoms with van der Waals surface area (Å²) in [5, 5.41) is 5.38. The molecule has 0 aromatic heterocycles. The first-order chi connectivity index (χ1) is 14.0. The van der Waals surface area contributed by atoms with E-state index in [9.17, 15) is 9.59 Å². The van der Waals surface area contributed by atoms with Crippen molar-refractivity contribution in [3.05, 3.63) is 23.8 Å². The SMILES string of the molecule is COC(=O)NCC(CNC(=O)OC)c1ccc(OC)c(OC2CC3CCC2C3)c1.[V]. The predicted octanol–water partition coefficient (Wildman–Crippen LogP) is 3.06. The maximum atomic E-state index is 11.5. The van der Waals surface area contributed by atoms with Crippen molar-refractivity contribution in [2.24, 2.45) is 11.8 Å². The average Bonchev–Trinajstić information content (AvgIpc) is 3.36. The second-order valence-electron chi connectivity index (χ2n) is 7.68. The van der Waals surface area contributed by atoms with Crippen molar-refractivity contribution in [3.63, 3.8) is 0 Å². The van der Waals surface area contributed by atoms with Crippen molar-refractivity contribution >= 4 is 12.2 Å². The van der Waals surface area contributed by atoms with Crippen molar-refractivity contribution in [1.82, 2.24) is 10.6 Å². The molecular formula is C21H30N2O6V. The number of nitrogens with one attached hydrogen (secondary N) is 2. The molecule has 0 aliphatic heterocycles. The van der Waals surface area contributed by atoms with E-state index in [2.05, 4.69) is 20.1 Å². The van der Waals surface area contributed by atoms with Crippen LogP contribution in [0.2, 0.25) is 0 Å². The number of hydrogen-bond acceptors (Lipinski definition) is 6. The number of amides is 2. The second kappa shape index (κ2) is 11.4. The molecule has 9 heteroatoms. The molecule has 3 rings (SSSR count). The van der Waals surface area contributed by atoms with Crippen LogP contribution in [0.25, 0.3) is 0 Å². The van der Waals surface area contributed by atoms with Gasteiger partial charge in [-0.25, -0.2) is 9.59 Å². The van der Waals surface area contributed by atoms with Crippen LogP contribution in [-0.2, 0) is 28.0 Å². The van der Waals surface area contributed by atoms with Crippen LogP contribution >= 0.6 is 0 Å². The van der Waals surface area contributed by atoms with E-state index in [4.69, 9.17) is 9.47 Å². The first-order valence-corrected chi connectivity index (χ1v) is 10.0. The first kappa shape index (κ1) is 24.2. The van der Waals surface area contributed by atoms with Crippen LogP contribution in [0.1, 0.15) is 37.2 Å². The third kappa shape index (κ3) is 5.98. The molecule has 1 aromatic carbocycles. The summed E-state index contributed by atoms with van der Waals surface area (Å²) in [4.78, 5) is 23.0. The van der Waals surface area contributed by atoms with Crippen LogP contribution in [0, 0.1) is 11.8 Å². The van der Waals surface area contributed by atoms with Crippen molar-refractivity contribution in [1.29, 1.82) is 0 Å². The molecule has 3 atom stereocenters. The van der Waals surface area contributed by atoms with Gasteiger partial charge in [-0.15, -0.1) is 0 Å². The maximum absolute atomic E-state index is 11.5. The van der Waals surface area contributed by atoms with Crippen LogP contribution in [0.15, 0.2) is 18.2 Å². The summed E-state index contributed by atoms with van der Waals surface area (Å²) in [6, 6.07) is 5.71. The monoisotopic (exact) mass is 457 g/mol. The number of carbonyl (C=O) groups is 2. The minimum absolute atomic E-state index is 0. The fraction of sp³-hybridized carbons (Fsp3) is 0.619. The molecule has 0 saturated heterocycles. The molecule has 0 spiro atoms. The smallest absolute Gasteiger partial charge is 0.406 e. The van der Waals surface area contributed by atoms with Crippen LogP contribution in [-0.4, -0.2) is 52.7 Å². The Hall–Kier alpha value is -2.06. The molecular weight excluding hydrogens is 427 g/mol.